The first-order valence-corrected chi connectivity index (χ1v) is 10.2. The van der Waals surface area contributed by atoms with Crippen molar-refractivity contribution in [2.75, 3.05) is 0 Å². The van der Waals surface area contributed by atoms with Gasteiger partial charge in [-0.1, -0.05) is 18.1 Å². The maximum atomic E-state index is 6.35. The SMILES string of the molecule is CC1(C)OB(C/C=C2/CCCC[C@H]2B2OC(C)(C)C(C)(C)O2)OC1(C)C. The average molecular weight is 362 g/mol. The van der Waals surface area contributed by atoms with E-state index in [2.05, 4.69) is 61.5 Å². The predicted molar refractivity (Wildman–Crippen MR) is 107 cm³/mol. The monoisotopic (exact) mass is 362 g/mol. The van der Waals surface area contributed by atoms with Crippen molar-refractivity contribution in [3.05, 3.63) is 11.6 Å². The first kappa shape index (κ1) is 20.4. The zero-order valence-corrected chi connectivity index (χ0v) is 18.0. The molecule has 0 amide bonds. The lowest BCUT2D eigenvalue weighted by Gasteiger charge is -2.32. The minimum atomic E-state index is -0.272. The Labute approximate surface area is 160 Å². The molecule has 6 heteroatoms. The van der Waals surface area contributed by atoms with Gasteiger partial charge in [0.2, 0.25) is 0 Å². The second-order valence-electron chi connectivity index (χ2n) is 10.2. The Hall–Kier alpha value is -0.290. The van der Waals surface area contributed by atoms with Crippen LogP contribution < -0.4 is 0 Å². The number of rotatable bonds is 3. The van der Waals surface area contributed by atoms with Gasteiger partial charge in [-0.05, 0) is 74.7 Å². The normalized spacial score (nSPS) is 33.8. The minimum absolute atomic E-state index is 0.148. The molecule has 0 N–H and O–H groups in total. The minimum Gasteiger partial charge on any atom is -0.403 e. The van der Waals surface area contributed by atoms with Crippen molar-refractivity contribution >= 4 is 14.2 Å². The van der Waals surface area contributed by atoms with E-state index in [-0.39, 0.29) is 36.6 Å². The van der Waals surface area contributed by atoms with Crippen LogP contribution in [0.3, 0.4) is 0 Å². The molecule has 146 valence electrons. The van der Waals surface area contributed by atoms with Gasteiger partial charge in [0.1, 0.15) is 0 Å². The summed E-state index contributed by atoms with van der Waals surface area (Å²) >= 11 is 0. The van der Waals surface area contributed by atoms with E-state index in [0.717, 1.165) is 19.2 Å². The van der Waals surface area contributed by atoms with Gasteiger partial charge < -0.3 is 18.6 Å². The summed E-state index contributed by atoms with van der Waals surface area (Å²) in [5.74, 6) is 0.340. The van der Waals surface area contributed by atoms with Crippen molar-refractivity contribution in [1.82, 2.24) is 0 Å². The van der Waals surface area contributed by atoms with Crippen LogP contribution in [-0.4, -0.2) is 36.6 Å². The van der Waals surface area contributed by atoms with Gasteiger partial charge in [0.25, 0.3) is 0 Å². The summed E-state index contributed by atoms with van der Waals surface area (Å²) in [5.41, 5.74) is 0.365. The predicted octanol–water partition coefficient (Wildman–Crippen LogP) is 5.04. The van der Waals surface area contributed by atoms with Crippen LogP contribution in [0.4, 0.5) is 0 Å². The van der Waals surface area contributed by atoms with Crippen molar-refractivity contribution in [3.63, 3.8) is 0 Å². The van der Waals surface area contributed by atoms with Gasteiger partial charge in [-0.3, -0.25) is 0 Å². The largest absolute Gasteiger partial charge is 0.465 e. The van der Waals surface area contributed by atoms with E-state index in [1.807, 2.05) is 0 Å². The Kier molecular flexibility index (Phi) is 5.23. The van der Waals surface area contributed by atoms with Gasteiger partial charge in [0.05, 0.1) is 22.4 Å². The van der Waals surface area contributed by atoms with E-state index >= 15 is 0 Å². The second-order valence-corrected chi connectivity index (χ2v) is 10.2. The molecular weight excluding hydrogens is 326 g/mol. The molecule has 0 spiro atoms. The van der Waals surface area contributed by atoms with Gasteiger partial charge in [0, 0.05) is 12.1 Å². The fourth-order valence-corrected chi connectivity index (χ4v) is 3.99. The lowest BCUT2D eigenvalue weighted by Crippen LogP contribution is -2.41. The molecule has 0 aromatic heterocycles. The van der Waals surface area contributed by atoms with Crippen LogP contribution in [0.25, 0.3) is 0 Å². The third-order valence-corrected chi connectivity index (χ3v) is 7.18. The molecule has 3 rings (SSSR count). The fraction of sp³-hybridized carbons (Fsp3) is 0.900. The van der Waals surface area contributed by atoms with Gasteiger partial charge in [0.15, 0.2) is 0 Å². The fourth-order valence-electron chi connectivity index (χ4n) is 3.99. The highest BCUT2D eigenvalue weighted by Crippen LogP contribution is 2.46. The molecule has 26 heavy (non-hydrogen) atoms. The highest BCUT2D eigenvalue weighted by Gasteiger charge is 2.54. The number of allylic oxidation sites excluding steroid dienone is 2. The van der Waals surface area contributed by atoms with Gasteiger partial charge in [-0.15, -0.1) is 0 Å². The van der Waals surface area contributed by atoms with Crippen LogP contribution in [0.15, 0.2) is 11.6 Å². The van der Waals surface area contributed by atoms with Crippen molar-refractivity contribution in [3.8, 4) is 0 Å². The molecular formula is C20H36B2O4. The molecule has 2 saturated heterocycles. The van der Waals surface area contributed by atoms with Crippen LogP contribution in [0, 0.1) is 0 Å². The summed E-state index contributed by atoms with van der Waals surface area (Å²) in [4.78, 5) is 0. The molecule has 0 unspecified atom stereocenters. The Bertz CT molecular complexity index is 536. The maximum absolute atomic E-state index is 6.35. The van der Waals surface area contributed by atoms with Crippen LogP contribution in [0.1, 0.15) is 81.1 Å². The zero-order chi connectivity index (χ0) is 19.4. The van der Waals surface area contributed by atoms with E-state index in [9.17, 15) is 0 Å². The van der Waals surface area contributed by atoms with Crippen LogP contribution >= 0.6 is 0 Å². The lowest BCUT2D eigenvalue weighted by molar-refractivity contribution is 0.00578. The Morgan fingerprint density at radius 1 is 0.808 bits per heavy atom. The Morgan fingerprint density at radius 2 is 1.31 bits per heavy atom. The number of hydrogen-bond acceptors (Lipinski definition) is 4. The quantitative estimate of drug-likeness (QED) is 0.521. The summed E-state index contributed by atoms with van der Waals surface area (Å²) in [6.07, 6.45) is 7.85. The van der Waals surface area contributed by atoms with Gasteiger partial charge in [-0.25, -0.2) is 0 Å². The summed E-state index contributed by atoms with van der Waals surface area (Å²) in [6.45, 7) is 16.9. The van der Waals surface area contributed by atoms with E-state index in [1.165, 1.54) is 18.4 Å². The van der Waals surface area contributed by atoms with Crippen LogP contribution in [-0.2, 0) is 18.6 Å². The Balaban J connectivity index is 1.69. The smallest absolute Gasteiger partial charge is 0.403 e. The second kappa shape index (κ2) is 6.65. The molecule has 1 atom stereocenters. The van der Waals surface area contributed by atoms with E-state index in [1.54, 1.807) is 0 Å². The summed E-state index contributed by atoms with van der Waals surface area (Å²) < 4.78 is 25.0. The molecule has 0 bridgehead atoms. The topological polar surface area (TPSA) is 36.9 Å². The van der Waals surface area contributed by atoms with Crippen molar-refractivity contribution in [2.45, 2.75) is 116 Å². The molecule has 0 radical (unpaired) electrons. The average Bonchev–Trinajstić information content (AvgIpc) is 2.85. The van der Waals surface area contributed by atoms with E-state index < -0.39 is 0 Å². The first-order chi connectivity index (χ1) is 11.8. The first-order valence-electron chi connectivity index (χ1n) is 10.2. The van der Waals surface area contributed by atoms with Crippen LogP contribution in [0.5, 0.6) is 0 Å². The highest BCUT2D eigenvalue weighted by molar-refractivity contribution is 6.49. The maximum Gasteiger partial charge on any atom is 0.465 e. The summed E-state index contributed by atoms with van der Waals surface area (Å²) in [6, 6.07) is 0. The van der Waals surface area contributed by atoms with E-state index in [4.69, 9.17) is 18.6 Å². The third-order valence-electron chi connectivity index (χ3n) is 7.18. The number of hydrogen-bond donors (Lipinski definition) is 0. The van der Waals surface area contributed by atoms with Crippen LogP contribution in [0.2, 0.25) is 12.1 Å². The van der Waals surface area contributed by atoms with Gasteiger partial charge in [-0.2, -0.15) is 0 Å². The van der Waals surface area contributed by atoms with Crippen molar-refractivity contribution in [1.29, 1.82) is 0 Å². The molecule has 0 aromatic carbocycles. The van der Waals surface area contributed by atoms with E-state index in [0.29, 0.717) is 5.82 Å². The molecule has 3 aliphatic rings. The standard InChI is InChI=1S/C20H36B2O4/c1-17(2)18(3,4)24-21(23-17)14-13-15-11-9-10-12-16(15)22-25-19(5,6)20(7,8)26-22/h13,16H,9-12,14H2,1-8H3/b15-13-/t16-/m1/s1. The zero-order valence-electron chi connectivity index (χ0n) is 18.0. The molecule has 2 heterocycles. The third kappa shape index (κ3) is 3.67. The van der Waals surface area contributed by atoms with Gasteiger partial charge >= 0.3 is 14.2 Å². The molecule has 1 aliphatic carbocycles. The molecule has 2 aliphatic heterocycles. The lowest BCUT2D eigenvalue weighted by atomic mass is 9.61. The van der Waals surface area contributed by atoms with Crippen molar-refractivity contribution < 1.29 is 18.6 Å². The Morgan fingerprint density at radius 3 is 1.85 bits per heavy atom. The highest BCUT2D eigenvalue weighted by atomic mass is 16.7. The van der Waals surface area contributed by atoms with Crippen molar-refractivity contribution in [2.24, 2.45) is 0 Å². The molecule has 3 fully saturated rings. The summed E-state index contributed by atoms with van der Waals surface area (Å²) in [7, 11) is -0.321. The molecule has 0 aromatic rings. The molecule has 4 nitrogen and oxygen atoms in total. The molecule has 1 saturated carbocycles. The summed E-state index contributed by atoms with van der Waals surface area (Å²) in [5, 5.41) is 0.